The van der Waals surface area contributed by atoms with Crippen molar-refractivity contribution in [3.8, 4) is 5.75 Å². The predicted octanol–water partition coefficient (Wildman–Crippen LogP) is 2.67. The average Bonchev–Trinajstić information content (AvgIpc) is 2.60. The Balaban J connectivity index is 2.12. The maximum absolute atomic E-state index is 13.5. The van der Waals surface area contributed by atoms with Crippen molar-refractivity contribution in [1.29, 1.82) is 0 Å². The molecule has 0 saturated carbocycles. The highest BCUT2D eigenvalue weighted by atomic mass is 19.1. The van der Waals surface area contributed by atoms with Crippen LogP contribution in [-0.4, -0.2) is 16.4 Å². The summed E-state index contributed by atoms with van der Waals surface area (Å²) in [7, 11) is 0. The van der Waals surface area contributed by atoms with Gasteiger partial charge in [-0.05, 0) is 38.0 Å². The van der Waals surface area contributed by atoms with Crippen molar-refractivity contribution in [3.05, 3.63) is 41.3 Å². The second-order valence-electron chi connectivity index (χ2n) is 4.84. The van der Waals surface area contributed by atoms with Gasteiger partial charge in [-0.2, -0.15) is 5.10 Å². The van der Waals surface area contributed by atoms with Crippen LogP contribution >= 0.6 is 0 Å². The Hall–Kier alpha value is -2.04. The highest BCUT2D eigenvalue weighted by Gasteiger charge is 2.24. The zero-order valence-corrected chi connectivity index (χ0v) is 10.8. The topological polar surface area (TPSA) is 53.1 Å². The minimum Gasteiger partial charge on any atom is -0.493 e. The Kier molecular flexibility index (Phi) is 2.89. The van der Waals surface area contributed by atoms with Crippen LogP contribution in [-0.2, 0) is 0 Å². The third kappa shape index (κ3) is 2.16. The van der Waals surface area contributed by atoms with Crippen LogP contribution in [0.1, 0.15) is 30.1 Å². The van der Waals surface area contributed by atoms with Crippen LogP contribution in [0.5, 0.6) is 5.75 Å². The molecule has 2 aromatic rings. The van der Waals surface area contributed by atoms with E-state index in [2.05, 4.69) is 5.10 Å². The number of hydrogen-bond acceptors (Lipinski definition) is 3. The first-order valence-corrected chi connectivity index (χ1v) is 6.39. The zero-order valence-electron chi connectivity index (χ0n) is 10.8. The van der Waals surface area contributed by atoms with Crippen LogP contribution in [0.15, 0.2) is 24.3 Å². The molecule has 4 nitrogen and oxygen atoms in total. The molecule has 3 rings (SSSR count). The van der Waals surface area contributed by atoms with E-state index in [1.165, 1.54) is 12.1 Å². The lowest BCUT2D eigenvalue weighted by atomic mass is 10.0. The molecule has 1 aliphatic rings. The number of nitrogens with two attached hydrogens (primary N) is 1. The van der Waals surface area contributed by atoms with E-state index in [1.54, 1.807) is 10.7 Å². The van der Waals surface area contributed by atoms with Gasteiger partial charge in [-0.1, -0.05) is 0 Å². The molecule has 0 spiro atoms. The molecule has 2 heterocycles. The second kappa shape index (κ2) is 4.57. The van der Waals surface area contributed by atoms with Crippen molar-refractivity contribution in [2.75, 3.05) is 12.3 Å². The van der Waals surface area contributed by atoms with Gasteiger partial charge >= 0.3 is 0 Å². The van der Waals surface area contributed by atoms with Gasteiger partial charge in [0.25, 0.3) is 0 Å². The Bertz CT molecular complexity index is 609. The van der Waals surface area contributed by atoms with E-state index in [0.717, 1.165) is 29.8 Å². The summed E-state index contributed by atoms with van der Waals surface area (Å²) in [6.07, 6.45) is 1.72. The van der Waals surface area contributed by atoms with Crippen molar-refractivity contribution in [2.24, 2.45) is 0 Å². The Morgan fingerprint density at radius 3 is 3.00 bits per heavy atom. The molecule has 1 aromatic carbocycles. The zero-order chi connectivity index (χ0) is 13.4. The molecule has 2 N–H and O–H groups in total. The van der Waals surface area contributed by atoms with Crippen LogP contribution in [0.3, 0.4) is 0 Å². The quantitative estimate of drug-likeness (QED) is 0.858. The number of ether oxygens (including phenoxy) is 1. The fourth-order valence-electron chi connectivity index (χ4n) is 2.57. The summed E-state index contributed by atoms with van der Waals surface area (Å²) in [6.45, 7) is 2.53. The third-order valence-corrected chi connectivity index (χ3v) is 3.39. The van der Waals surface area contributed by atoms with Crippen molar-refractivity contribution in [1.82, 2.24) is 9.78 Å². The number of aryl methyl sites for hydroxylation is 1. The monoisotopic (exact) mass is 261 g/mol. The molecule has 0 saturated heterocycles. The van der Waals surface area contributed by atoms with Gasteiger partial charge in [-0.25, -0.2) is 9.07 Å². The fourth-order valence-corrected chi connectivity index (χ4v) is 2.57. The maximum Gasteiger partial charge on any atom is 0.124 e. The molecule has 0 fully saturated rings. The first-order chi connectivity index (χ1) is 9.15. The highest BCUT2D eigenvalue weighted by Crippen LogP contribution is 2.35. The number of anilines is 1. The van der Waals surface area contributed by atoms with E-state index >= 15 is 0 Å². The average molecular weight is 261 g/mol. The van der Waals surface area contributed by atoms with Gasteiger partial charge in [-0.3, -0.25) is 0 Å². The number of nitrogen functional groups attached to an aromatic ring is 1. The molecule has 1 aliphatic heterocycles. The summed E-state index contributed by atoms with van der Waals surface area (Å²) in [4.78, 5) is 0. The molecule has 5 heteroatoms. The molecule has 1 unspecified atom stereocenters. The number of halogens is 1. The molecular weight excluding hydrogens is 245 g/mol. The predicted molar refractivity (Wildman–Crippen MR) is 70.6 cm³/mol. The lowest BCUT2D eigenvalue weighted by Gasteiger charge is -2.18. The first-order valence-electron chi connectivity index (χ1n) is 6.39. The number of hydrogen-bond donors (Lipinski definition) is 1. The number of nitrogens with zero attached hydrogens (tertiary/aromatic N) is 2. The van der Waals surface area contributed by atoms with Crippen molar-refractivity contribution < 1.29 is 9.13 Å². The lowest BCUT2D eigenvalue weighted by molar-refractivity contribution is 0.314. The Labute approximate surface area is 111 Å². The van der Waals surface area contributed by atoms with E-state index in [-0.39, 0.29) is 11.9 Å². The Morgan fingerprint density at radius 2 is 2.26 bits per heavy atom. The number of benzene rings is 1. The van der Waals surface area contributed by atoms with Gasteiger partial charge in [0.2, 0.25) is 0 Å². The van der Waals surface area contributed by atoms with Gasteiger partial charge in [0, 0.05) is 11.6 Å². The minimum absolute atomic E-state index is 0.0677. The van der Waals surface area contributed by atoms with Crippen molar-refractivity contribution in [3.63, 3.8) is 0 Å². The molecule has 0 aliphatic carbocycles. The van der Waals surface area contributed by atoms with E-state index in [1.807, 2.05) is 13.0 Å². The van der Waals surface area contributed by atoms with Gasteiger partial charge in [-0.15, -0.1) is 0 Å². The van der Waals surface area contributed by atoms with Crippen LogP contribution in [0.4, 0.5) is 10.2 Å². The Morgan fingerprint density at radius 1 is 1.42 bits per heavy atom. The normalized spacial score (nSPS) is 18.5. The molecular formula is C14H16FN3O. The molecule has 1 atom stereocenters. The largest absolute Gasteiger partial charge is 0.493 e. The molecule has 0 radical (unpaired) electrons. The third-order valence-electron chi connectivity index (χ3n) is 3.39. The SMILES string of the molecule is Cc1cc(N)n(C2CCCOc3ccc(F)cc32)n1. The minimum atomic E-state index is -0.267. The van der Waals surface area contributed by atoms with E-state index in [9.17, 15) is 4.39 Å². The second-order valence-corrected chi connectivity index (χ2v) is 4.84. The number of fused-ring (bicyclic) bond motifs is 1. The number of aromatic nitrogens is 2. The molecule has 100 valence electrons. The summed E-state index contributed by atoms with van der Waals surface area (Å²) in [5, 5.41) is 4.42. The highest BCUT2D eigenvalue weighted by molar-refractivity contribution is 5.40. The maximum atomic E-state index is 13.5. The van der Waals surface area contributed by atoms with E-state index in [0.29, 0.717) is 12.4 Å². The van der Waals surface area contributed by atoms with Gasteiger partial charge in [0.05, 0.1) is 18.3 Å². The van der Waals surface area contributed by atoms with Crippen molar-refractivity contribution in [2.45, 2.75) is 25.8 Å². The molecule has 0 bridgehead atoms. The van der Waals surface area contributed by atoms with Gasteiger partial charge in [0.1, 0.15) is 17.4 Å². The standard InChI is InChI=1S/C14H16FN3O/c1-9-7-14(16)18(17-9)12-3-2-6-19-13-5-4-10(15)8-11(12)13/h4-5,7-8,12H,2-3,6,16H2,1H3. The van der Waals surface area contributed by atoms with E-state index in [4.69, 9.17) is 10.5 Å². The van der Waals surface area contributed by atoms with Gasteiger partial charge < -0.3 is 10.5 Å². The molecule has 0 amide bonds. The van der Waals surface area contributed by atoms with E-state index < -0.39 is 0 Å². The lowest BCUT2D eigenvalue weighted by Crippen LogP contribution is -2.14. The summed E-state index contributed by atoms with van der Waals surface area (Å²) < 4.78 is 20.9. The summed E-state index contributed by atoms with van der Waals surface area (Å²) >= 11 is 0. The summed E-state index contributed by atoms with van der Waals surface area (Å²) in [5.74, 6) is 1.05. The first kappa shape index (κ1) is 12.0. The molecule has 19 heavy (non-hydrogen) atoms. The van der Waals surface area contributed by atoms with Crippen LogP contribution in [0, 0.1) is 12.7 Å². The fraction of sp³-hybridized carbons (Fsp3) is 0.357. The summed E-state index contributed by atoms with van der Waals surface area (Å²) in [5.41, 5.74) is 7.66. The van der Waals surface area contributed by atoms with Crippen LogP contribution < -0.4 is 10.5 Å². The van der Waals surface area contributed by atoms with Crippen LogP contribution in [0.2, 0.25) is 0 Å². The van der Waals surface area contributed by atoms with Gasteiger partial charge in [0.15, 0.2) is 0 Å². The smallest absolute Gasteiger partial charge is 0.124 e. The van der Waals surface area contributed by atoms with Crippen LogP contribution in [0.25, 0.3) is 0 Å². The number of rotatable bonds is 1. The molecule has 1 aromatic heterocycles. The van der Waals surface area contributed by atoms with Crippen molar-refractivity contribution >= 4 is 5.82 Å². The summed E-state index contributed by atoms with van der Waals surface area (Å²) in [6, 6.07) is 6.36.